The van der Waals surface area contributed by atoms with Gasteiger partial charge in [-0.3, -0.25) is 15.1 Å². The summed E-state index contributed by atoms with van der Waals surface area (Å²) < 4.78 is 12.8. The zero-order valence-electron chi connectivity index (χ0n) is 20.9. The van der Waals surface area contributed by atoms with Crippen molar-refractivity contribution in [1.29, 1.82) is 0 Å². The summed E-state index contributed by atoms with van der Waals surface area (Å²) in [6.45, 7) is 4.07. The van der Waals surface area contributed by atoms with E-state index in [-0.39, 0.29) is 17.5 Å². The van der Waals surface area contributed by atoms with Gasteiger partial charge in [0, 0.05) is 31.1 Å². The van der Waals surface area contributed by atoms with Crippen LogP contribution in [0.15, 0.2) is 77.7 Å². The summed E-state index contributed by atoms with van der Waals surface area (Å²) in [5.74, 6) is 1.37. The number of hydrogen-bond donors (Lipinski definition) is 3. The Morgan fingerprint density at radius 2 is 1.76 bits per heavy atom. The Balaban J connectivity index is 1.28. The van der Waals surface area contributed by atoms with E-state index in [9.17, 15) is 9.59 Å². The molecule has 2 aromatic carbocycles. The number of nitrogens with zero attached hydrogens (tertiary/aromatic N) is 4. The molecule has 3 N–H and O–H groups in total. The van der Waals surface area contributed by atoms with Gasteiger partial charge in [-0.2, -0.15) is 5.10 Å². The Bertz CT molecular complexity index is 1610. The van der Waals surface area contributed by atoms with Crippen LogP contribution in [0, 0.1) is 0 Å². The number of amides is 3. The molecule has 0 bridgehead atoms. The maximum atomic E-state index is 12.9. The van der Waals surface area contributed by atoms with Crippen LogP contribution in [0.4, 0.5) is 16.3 Å². The summed E-state index contributed by atoms with van der Waals surface area (Å²) in [5, 5.41) is 12.9. The molecule has 0 spiro atoms. The lowest BCUT2D eigenvalue weighted by Crippen LogP contribution is -2.21. The summed E-state index contributed by atoms with van der Waals surface area (Å²) in [6.07, 6.45) is 2.89. The minimum absolute atomic E-state index is 0.163. The standard InChI is InChI=1S/C27H25N7O4/c1-16(2)21-14-25(34(33-21)18-6-9-24-22(12-18)30-15-37-24)32-27(36)31-17-4-7-19(8-5-17)38-20-10-11-29-23(13-20)26(35)28-3/h4-16H,1-3H3,(H,28,35)(H2,31,32,36). The van der Waals surface area contributed by atoms with Gasteiger partial charge in [0.1, 0.15) is 28.5 Å². The van der Waals surface area contributed by atoms with Crippen molar-refractivity contribution >= 4 is 34.5 Å². The zero-order chi connectivity index (χ0) is 26.6. The second kappa shape index (κ2) is 10.4. The number of ether oxygens (including phenoxy) is 1. The first kappa shape index (κ1) is 24.5. The molecule has 0 fully saturated rings. The Labute approximate surface area is 217 Å². The number of nitrogens with one attached hydrogen (secondary N) is 3. The second-order valence-electron chi connectivity index (χ2n) is 8.69. The molecule has 0 atom stereocenters. The minimum atomic E-state index is -0.429. The molecule has 5 aromatic rings. The second-order valence-corrected chi connectivity index (χ2v) is 8.69. The number of carbonyl (C=O) groups is 2. The van der Waals surface area contributed by atoms with E-state index in [1.54, 1.807) is 41.1 Å². The number of carbonyl (C=O) groups excluding carboxylic acids is 2. The molecule has 11 nitrogen and oxygen atoms in total. The van der Waals surface area contributed by atoms with Gasteiger partial charge < -0.3 is 19.8 Å². The van der Waals surface area contributed by atoms with Gasteiger partial charge in [-0.1, -0.05) is 13.8 Å². The van der Waals surface area contributed by atoms with E-state index in [4.69, 9.17) is 9.15 Å². The summed E-state index contributed by atoms with van der Waals surface area (Å²) in [5.41, 5.74) is 3.75. The van der Waals surface area contributed by atoms with Crippen molar-refractivity contribution in [1.82, 2.24) is 25.1 Å². The van der Waals surface area contributed by atoms with Gasteiger partial charge in [-0.05, 0) is 54.4 Å². The lowest BCUT2D eigenvalue weighted by atomic mass is 10.1. The molecule has 0 aliphatic carbocycles. The van der Waals surface area contributed by atoms with E-state index >= 15 is 0 Å². The predicted molar refractivity (Wildman–Crippen MR) is 142 cm³/mol. The zero-order valence-corrected chi connectivity index (χ0v) is 20.9. The van der Waals surface area contributed by atoms with Gasteiger partial charge in [-0.25, -0.2) is 14.5 Å². The summed E-state index contributed by atoms with van der Waals surface area (Å²) >= 11 is 0. The van der Waals surface area contributed by atoms with Crippen LogP contribution in [0.1, 0.15) is 35.9 Å². The van der Waals surface area contributed by atoms with Crippen LogP contribution in [0.2, 0.25) is 0 Å². The van der Waals surface area contributed by atoms with E-state index in [2.05, 4.69) is 31.0 Å². The monoisotopic (exact) mass is 511 g/mol. The van der Waals surface area contributed by atoms with Crippen molar-refractivity contribution in [2.24, 2.45) is 0 Å². The molecule has 0 saturated heterocycles. The van der Waals surface area contributed by atoms with E-state index in [0.29, 0.717) is 34.1 Å². The van der Waals surface area contributed by atoms with Crippen LogP contribution in [-0.2, 0) is 0 Å². The van der Waals surface area contributed by atoms with Crippen molar-refractivity contribution in [3.05, 3.63) is 84.6 Å². The SMILES string of the molecule is CNC(=O)c1cc(Oc2ccc(NC(=O)Nc3cc(C(C)C)nn3-c3ccc4ocnc4c3)cc2)ccn1. The molecule has 0 radical (unpaired) electrons. The van der Waals surface area contributed by atoms with Crippen LogP contribution >= 0.6 is 0 Å². The molecule has 3 aromatic heterocycles. The quantitative estimate of drug-likeness (QED) is 0.269. The fourth-order valence-corrected chi connectivity index (χ4v) is 3.69. The highest BCUT2D eigenvalue weighted by Crippen LogP contribution is 2.26. The van der Waals surface area contributed by atoms with E-state index in [0.717, 1.165) is 11.4 Å². The number of urea groups is 1. The fourth-order valence-electron chi connectivity index (χ4n) is 3.69. The molecule has 0 aliphatic heterocycles. The van der Waals surface area contributed by atoms with Crippen LogP contribution in [0.25, 0.3) is 16.8 Å². The van der Waals surface area contributed by atoms with E-state index in [1.807, 2.05) is 38.1 Å². The van der Waals surface area contributed by atoms with Gasteiger partial charge in [0.25, 0.3) is 5.91 Å². The first-order valence-corrected chi connectivity index (χ1v) is 11.9. The molecule has 11 heteroatoms. The number of fused-ring (bicyclic) bond motifs is 1. The van der Waals surface area contributed by atoms with Crippen LogP contribution in [0.3, 0.4) is 0 Å². The number of pyridine rings is 1. The molecule has 0 aliphatic rings. The summed E-state index contributed by atoms with van der Waals surface area (Å²) in [6, 6.07) is 17.0. The normalized spacial score (nSPS) is 10.9. The minimum Gasteiger partial charge on any atom is -0.457 e. The van der Waals surface area contributed by atoms with E-state index < -0.39 is 6.03 Å². The molecular formula is C27H25N7O4. The van der Waals surface area contributed by atoms with Crippen molar-refractivity contribution < 1.29 is 18.7 Å². The highest BCUT2D eigenvalue weighted by atomic mass is 16.5. The smallest absolute Gasteiger partial charge is 0.324 e. The van der Waals surface area contributed by atoms with Gasteiger partial charge in [0.2, 0.25) is 0 Å². The number of anilines is 2. The number of hydrogen-bond acceptors (Lipinski definition) is 7. The van der Waals surface area contributed by atoms with Gasteiger partial charge in [0.15, 0.2) is 12.0 Å². The lowest BCUT2D eigenvalue weighted by molar-refractivity contribution is 0.0957. The van der Waals surface area contributed by atoms with Crippen LogP contribution < -0.4 is 20.7 Å². The first-order chi connectivity index (χ1) is 18.4. The Hall–Kier alpha value is -5.19. The third-order valence-electron chi connectivity index (χ3n) is 5.66. The van der Waals surface area contributed by atoms with Gasteiger partial charge in [-0.15, -0.1) is 0 Å². The van der Waals surface area contributed by atoms with E-state index in [1.165, 1.54) is 19.6 Å². The molecule has 3 amide bonds. The third kappa shape index (κ3) is 5.31. The molecule has 5 rings (SSSR count). The maximum absolute atomic E-state index is 12.9. The molecule has 0 saturated carbocycles. The number of aromatic nitrogens is 4. The number of rotatable bonds is 7. The Morgan fingerprint density at radius 1 is 0.947 bits per heavy atom. The Morgan fingerprint density at radius 3 is 2.53 bits per heavy atom. The summed E-state index contributed by atoms with van der Waals surface area (Å²) in [4.78, 5) is 32.9. The van der Waals surface area contributed by atoms with Gasteiger partial charge >= 0.3 is 6.03 Å². The average Bonchev–Trinajstić information content (AvgIpc) is 3.56. The highest BCUT2D eigenvalue weighted by molar-refractivity contribution is 5.99. The fraction of sp³-hybridized carbons (Fsp3) is 0.148. The number of benzene rings is 2. The first-order valence-electron chi connectivity index (χ1n) is 11.9. The molecule has 38 heavy (non-hydrogen) atoms. The molecular weight excluding hydrogens is 486 g/mol. The van der Waals surface area contributed by atoms with Crippen LogP contribution in [-0.4, -0.2) is 38.7 Å². The maximum Gasteiger partial charge on any atom is 0.324 e. The van der Waals surface area contributed by atoms with Crippen molar-refractivity contribution in [3.8, 4) is 17.2 Å². The van der Waals surface area contributed by atoms with Crippen LogP contribution in [0.5, 0.6) is 11.5 Å². The molecule has 192 valence electrons. The third-order valence-corrected chi connectivity index (χ3v) is 5.66. The predicted octanol–water partition coefficient (Wildman–Crippen LogP) is 5.33. The largest absolute Gasteiger partial charge is 0.457 e. The topological polar surface area (TPSA) is 136 Å². The van der Waals surface area contributed by atoms with Crippen molar-refractivity contribution in [2.75, 3.05) is 17.7 Å². The van der Waals surface area contributed by atoms with Crippen molar-refractivity contribution in [2.45, 2.75) is 19.8 Å². The number of oxazole rings is 1. The Kier molecular flexibility index (Phi) is 6.72. The average molecular weight is 512 g/mol. The molecule has 0 unspecified atom stereocenters. The summed E-state index contributed by atoms with van der Waals surface area (Å²) in [7, 11) is 1.54. The van der Waals surface area contributed by atoms with Gasteiger partial charge in [0.05, 0.1) is 11.4 Å². The van der Waals surface area contributed by atoms with Crippen molar-refractivity contribution in [3.63, 3.8) is 0 Å². The molecule has 3 heterocycles. The lowest BCUT2D eigenvalue weighted by Gasteiger charge is -2.11. The highest BCUT2D eigenvalue weighted by Gasteiger charge is 2.16.